The largest absolute Gasteiger partial charge is 0.434 e. The van der Waals surface area contributed by atoms with E-state index in [1.54, 1.807) is 18.3 Å². The van der Waals surface area contributed by atoms with E-state index in [1.807, 2.05) is 29.2 Å². The Bertz CT molecular complexity index is 929. The predicted octanol–water partition coefficient (Wildman–Crippen LogP) is 2.82. The van der Waals surface area contributed by atoms with Crippen molar-refractivity contribution < 1.29 is 18.3 Å². The van der Waals surface area contributed by atoms with Crippen LogP contribution in [-0.4, -0.2) is 71.5 Å². The SMILES string of the molecule is Nc1cc(CN2CCC(C(=O)N3CCN(Cc4ccccc4OC(F)F)CC3)CC2)ccn1. The fraction of sp³-hybridized carbons (Fsp3) is 0.500. The quantitative estimate of drug-likeness (QED) is 0.687. The minimum Gasteiger partial charge on any atom is -0.434 e. The third-order valence-corrected chi connectivity index (χ3v) is 6.46. The highest BCUT2D eigenvalue weighted by atomic mass is 19.3. The number of hydrogen-bond donors (Lipinski definition) is 1. The van der Waals surface area contributed by atoms with Gasteiger partial charge in [0.25, 0.3) is 0 Å². The van der Waals surface area contributed by atoms with Gasteiger partial charge in [-0.15, -0.1) is 0 Å². The summed E-state index contributed by atoms with van der Waals surface area (Å²) < 4.78 is 29.9. The number of amides is 1. The van der Waals surface area contributed by atoms with E-state index in [-0.39, 0.29) is 17.6 Å². The predicted molar refractivity (Wildman–Crippen MR) is 122 cm³/mol. The molecule has 0 atom stereocenters. The lowest BCUT2D eigenvalue weighted by atomic mass is 9.94. The van der Waals surface area contributed by atoms with Crippen LogP contribution in [0, 0.1) is 5.92 Å². The fourth-order valence-corrected chi connectivity index (χ4v) is 4.66. The van der Waals surface area contributed by atoms with Crippen molar-refractivity contribution in [2.45, 2.75) is 32.5 Å². The molecule has 2 aliphatic rings. The number of piperazine rings is 1. The molecule has 1 aromatic heterocycles. The highest BCUT2D eigenvalue weighted by Crippen LogP contribution is 2.24. The number of carbonyl (C=O) groups excluding carboxylic acids is 1. The lowest BCUT2D eigenvalue weighted by Gasteiger charge is -2.38. The van der Waals surface area contributed by atoms with Crippen molar-refractivity contribution in [1.82, 2.24) is 19.7 Å². The summed E-state index contributed by atoms with van der Waals surface area (Å²) in [6.45, 7) is 3.05. The van der Waals surface area contributed by atoms with E-state index in [2.05, 4.69) is 19.5 Å². The summed E-state index contributed by atoms with van der Waals surface area (Å²) in [5.74, 6) is 1.05. The second kappa shape index (κ2) is 10.9. The number of halogens is 2. The summed E-state index contributed by atoms with van der Waals surface area (Å²) in [6.07, 6.45) is 3.45. The van der Waals surface area contributed by atoms with Crippen LogP contribution in [0.1, 0.15) is 24.0 Å². The molecule has 4 rings (SSSR count). The van der Waals surface area contributed by atoms with Gasteiger partial charge in [0.1, 0.15) is 11.6 Å². The summed E-state index contributed by atoms with van der Waals surface area (Å²) in [5, 5.41) is 0. The van der Waals surface area contributed by atoms with Crippen LogP contribution in [0.4, 0.5) is 14.6 Å². The molecule has 0 bridgehead atoms. The highest BCUT2D eigenvalue weighted by Gasteiger charge is 2.30. The summed E-state index contributed by atoms with van der Waals surface area (Å²) in [4.78, 5) is 23.6. The molecule has 2 fully saturated rings. The lowest BCUT2D eigenvalue weighted by molar-refractivity contribution is -0.139. The molecule has 0 aliphatic carbocycles. The zero-order chi connectivity index (χ0) is 23.2. The average molecular weight is 460 g/mol. The molecule has 0 spiro atoms. The number of aromatic nitrogens is 1. The van der Waals surface area contributed by atoms with Crippen molar-refractivity contribution in [2.75, 3.05) is 45.0 Å². The Kier molecular flexibility index (Phi) is 7.72. The monoisotopic (exact) mass is 459 g/mol. The number of hydrogen-bond acceptors (Lipinski definition) is 6. The van der Waals surface area contributed by atoms with E-state index in [0.717, 1.165) is 56.7 Å². The number of nitrogens with two attached hydrogens (primary N) is 1. The summed E-state index contributed by atoms with van der Waals surface area (Å²) in [6, 6.07) is 10.8. The van der Waals surface area contributed by atoms with Gasteiger partial charge in [-0.2, -0.15) is 8.78 Å². The third-order valence-electron chi connectivity index (χ3n) is 6.46. The second-order valence-corrected chi connectivity index (χ2v) is 8.73. The van der Waals surface area contributed by atoms with Crippen LogP contribution in [0.15, 0.2) is 42.6 Å². The van der Waals surface area contributed by atoms with Gasteiger partial charge in [-0.1, -0.05) is 18.2 Å². The van der Waals surface area contributed by atoms with Crippen LogP contribution in [0.3, 0.4) is 0 Å². The highest BCUT2D eigenvalue weighted by molar-refractivity contribution is 5.79. The zero-order valence-corrected chi connectivity index (χ0v) is 18.7. The average Bonchev–Trinajstić information content (AvgIpc) is 2.81. The first-order valence-electron chi connectivity index (χ1n) is 11.4. The molecule has 1 amide bonds. The number of nitrogen functional groups attached to an aromatic ring is 1. The molecule has 2 aromatic rings. The molecule has 0 saturated carbocycles. The van der Waals surface area contributed by atoms with Gasteiger partial charge in [-0.05, 0) is 49.7 Å². The van der Waals surface area contributed by atoms with E-state index in [1.165, 1.54) is 0 Å². The van der Waals surface area contributed by atoms with Gasteiger partial charge in [-0.3, -0.25) is 14.6 Å². The second-order valence-electron chi connectivity index (χ2n) is 8.73. The van der Waals surface area contributed by atoms with Gasteiger partial charge < -0.3 is 15.4 Å². The van der Waals surface area contributed by atoms with Crippen LogP contribution >= 0.6 is 0 Å². The molecule has 0 radical (unpaired) electrons. The van der Waals surface area contributed by atoms with Crippen LogP contribution in [-0.2, 0) is 17.9 Å². The van der Waals surface area contributed by atoms with Crippen LogP contribution in [0.25, 0.3) is 0 Å². The molecule has 7 nitrogen and oxygen atoms in total. The molecule has 1 aromatic carbocycles. The third kappa shape index (κ3) is 6.39. The van der Waals surface area contributed by atoms with Gasteiger partial charge in [0, 0.05) is 56.9 Å². The standard InChI is InChI=1S/C24H31F2N5O2/c25-24(26)33-21-4-2-1-3-20(21)17-30-11-13-31(14-12-30)23(32)19-6-9-29(10-7-19)16-18-5-8-28-22(27)15-18/h1-5,8,15,19,24H,6-7,9-14,16-17H2,(H2,27,28). The molecule has 178 valence electrons. The number of carbonyl (C=O) groups is 1. The van der Waals surface area contributed by atoms with Crippen molar-refractivity contribution in [2.24, 2.45) is 5.92 Å². The Labute approximate surface area is 193 Å². The number of pyridine rings is 1. The van der Waals surface area contributed by atoms with Crippen LogP contribution < -0.4 is 10.5 Å². The van der Waals surface area contributed by atoms with Crippen molar-refractivity contribution in [3.05, 3.63) is 53.7 Å². The maximum atomic E-state index is 13.1. The molecule has 33 heavy (non-hydrogen) atoms. The topological polar surface area (TPSA) is 74.9 Å². The van der Waals surface area contributed by atoms with Gasteiger partial charge >= 0.3 is 6.61 Å². The normalized spacial score (nSPS) is 18.6. The van der Waals surface area contributed by atoms with Crippen molar-refractivity contribution in [3.63, 3.8) is 0 Å². The summed E-state index contributed by atoms with van der Waals surface area (Å²) >= 11 is 0. The van der Waals surface area contributed by atoms with Gasteiger partial charge in [0.15, 0.2) is 0 Å². The fourth-order valence-electron chi connectivity index (χ4n) is 4.66. The van der Waals surface area contributed by atoms with Crippen molar-refractivity contribution >= 4 is 11.7 Å². The van der Waals surface area contributed by atoms with E-state index < -0.39 is 6.61 Å². The van der Waals surface area contributed by atoms with E-state index in [9.17, 15) is 13.6 Å². The number of alkyl halides is 2. The van der Waals surface area contributed by atoms with Crippen LogP contribution in [0.5, 0.6) is 5.75 Å². The molecular weight excluding hydrogens is 428 g/mol. The number of benzene rings is 1. The van der Waals surface area contributed by atoms with E-state index >= 15 is 0 Å². The Hall–Kier alpha value is -2.78. The molecule has 0 unspecified atom stereocenters. The molecule has 3 heterocycles. The maximum Gasteiger partial charge on any atom is 0.387 e. The zero-order valence-electron chi connectivity index (χ0n) is 18.7. The van der Waals surface area contributed by atoms with Crippen LogP contribution in [0.2, 0.25) is 0 Å². The molecule has 2 saturated heterocycles. The summed E-state index contributed by atoms with van der Waals surface area (Å²) in [7, 11) is 0. The molecule has 2 aliphatic heterocycles. The first-order valence-corrected chi connectivity index (χ1v) is 11.4. The maximum absolute atomic E-state index is 13.1. The Morgan fingerprint density at radius 3 is 2.42 bits per heavy atom. The molecule has 9 heteroatoms. The van der Waals surface area contributed by atoms with E-state index in [0.29, 0.717) is 25.5 Å². The number of likely N-dealkylation sites (tertiary alicyclic amines) is 1. The number of ether oxygens (including phenoxy) is 1. The smallest absolute Gasteiger partial charge is 0.387 e. The first-order chi connectivity index (χ1) is 16.0. The van der Waals surface area contributed by atoms with Gasteiger partial charge in [-0.25, -0.2) is 4.98 Å². The minimum atomic E-state index is -2.84. The lowest BCUT2D eigenvalue weighted by Crippen LogP contribution is -2.51. The van der Waals surface area contributed by atoms with Gasteiger partial charge in [0.05, 0.1) is 0 Å². The Balaban J connectivity index is 1.22. The minimum absolute atomic E-state index is 0.0653. The first kappa shape index (κ1) is 23.4. The number of piperidine rings is 1. The van der Waals surface area contributed by atoms with Crippen molar-refractivity contribution in [1.29, 1.82) is 0 Å². The Morgan fingerprint density at radius 1 is 1.03 bits per heavy atom. The Morgan fingerprint density at radius 2 is 1.73 bits per heavy atom. The van der Waals surface area contributed by atoms with Gasteiger partial charge in [0.2, 0.25) is 5.91 Å². The number of para-hydroxylation sites is 1. The molecule has 2 N–H and O–H groups in total. The number of rotatable bonds is 7. The summed E-state index contributed by atoms with van der Waals surface area (Å²) in [5.41, 5.74) is 7.65. The number of nitrogens with zero attached hydrogens (tertiary/aromatic N) is 4. The number of anilines is 1. The van der Waals surface area contributed by atoms with Crippen molar-refractivity contribution in [3.8, 4) is 5.75 Å². The van der Waals surface area contributed by atoms with E-state index in [4.69, 9.17) is 5.73 Å². The molecular formula is C24H31F2N5O2.